The molecule has 122 valence electrons. The lowest BCUT2D eigenvalue weighted by Crippen LogP contribution is -2.42. The fourth-order valence-corrected chi connectivity index (χ4v) is 3.21. The SMILES string of the molecule is CC1CN(C(=O)NCc2c(C3CCC3)cnn2C)CCCO1. The lowest BCUT2D eigenvalue weighted by atomic mass is 9.80. The minimum Gasteiger partial charge on any atom is -0.377 e. The highest BCUT2D eigenvalue weighted by Crippen LogP contribution is 2.37. The smallest absolute Gasteiger partial charge is 0.317 e. The maximum Gasteiger partial charge on any atom is 0.317 e. The van der Waals surface area contributed by atoms with E-state index in [-0.39, 0.29) is 12.1 Å². The average Bonchev–Trinajstić information content (AvgIpc) is 2.66. The Kier molecular flexibility index (Phi) is 4.66. The Balaban J connectivity index is 1.59. The molecule has 0 bridgehead atoms. The second-order valence-electron chi connectivity index (χ2n) is 6.44. The lowest BCUT2D eigenvalue weighted by Gasteiger charge is -2.26. The Bertz CT molecular complexity index is 524. The number of carbonyl (C=O) groups excluding carboxylic acids is 1. The molecule has 0 aromatic carbocycles. The van der Waals surface area contributed by atoms with Crippen LogP contribution >= 0.6 is 0 Å². The summed E-state index contributed by atoms with van der Waals surface area (Å²) in [6, 6.07) is -0.00175. The van der Waals surface area contributed by atoms with Crippen molar-refractivity contribution in [2.24, 2.45) is 7.05 Å². The molecule has 1 saturated carbocycles. The molecular formula is C16H26N4O2. The zero-order valence-electron chi connectivity index (χ0n) is 13.5. The average molecular weight is 306 g/mol. The second kappa shape index (κ2) is 6.69. The Morgan fingerprint density at radius 1 is 1.45 bits per heavy atom. The third-order valence-corrected chi connectivity index (χ3v) is 4.79. The van der Waals surface area contributed by atoms with Crippen LogP contribution < -0.4 is 5.32 Å². The van der Waals surface area contributed by atoms with Crippen LogP contribution in [0.25, 0.3) is 0 Å². The number of amides is 2. The van der Waals surface area contributed by atoms with Gasteiger partial charge in [0.1, 0.15) is 0 Å². The van der Waals surface area contributed by atoms with Gasteiger partial charge in [-0.25, -0.2) is 4.79 Å². The molecule has 2 fully saturated rings. The first-order chi connectivity index (χ1) is 10.6. The fourth-order valence-electron chi connectivity index (χ4n) is 3.21. The van der Waals surface area contributed by atoms with E-state index >= 15 is 0 Å². The van der Waals surface area contributed by atoms with Gasteiger partial charge < -0.3 is 15.0 Å². The summed E-state index contributed by atoms with van der Waals surface area (Å²) in [4.78, 5) is 14.3. The van der Waals surface area contributed by atoms with Crippen LogP contribution in [0.4, 0.5) is 4.79 Å². The first kappa shape index (κ1) is 15.3. The lowest BCUT2D eigenvalue weighted by molar-refractivity contribution is 0.0710. The first-order valence-electron chi connectivity index (χ1n) is 8.30. The molecule has 1 aliphatic heterocycles. The maximum atomic E-state index is 12.4. The van der Waals surface area contributed by atoms with Gasteiger partial charge in [0.25, 0.3) is 0 Å². The van der Waals surface area contributed by atoms with E-state index in [0.717, 1.165) is 25.3 Å². The highest BCUT2D eigenvalue weighted by atomic mass is 16.5. The van der Waals surface area contributed by atoms with Gasteiger partial charge in [-0.05, 0) is 37.7 Å². The second-order valence-corrected chi connectivity index (χ2v) is 6.44. The summed E-state index contributed by atoms with van der Waals surface area (Å²) in [5.74, 6) is 0.632. The summed E-state index contributed by atoms with van der Waals surface area (Å²) in [6.07, 6.45) is 6.76. The molecule has 1 aromatic heterocycles. The van der Waals surface area contributed by atoms with Crippen molar-refractivity contribution in [3.63, 3.8) is 0 Å². The molecule has 22 heavy (non-hydrogen) atoms. The molecule has 2 aliphatic rings. The topological polar surface area (TPSA) is 59.4 Å². The molecule has 6 heteroatoms. The van der Waals surface area contributed by atoms with E-state index in [2.05, 4.69) is 10.4 Å². The third kappa shape index (κ3) is 3.27. The predicted molar refractivity (Wildman–Crippen MR) is 83.6 cm³/mol. The molecular weight excluding hydrogens is 280 g/mol. The Morgan fingerprint density at radius 2 is 2.27 bits per heavy atom. The minimum atomic E-state index is -0.00175. The zero-order chi connectivity index (χ0) is 15.5. The van der Waals surface area contributed by atoms with Gasteiger partial charge in [-0.1, -0.05) is 6.42 Å². The number of aryl methyl sites for hydroxylation is 1. The van der Waals surface area contributed by atoms with Gasteiger partial charge in [0.2, 0.25) is 0 Å². The van der Waals surface area contributed by atoms with Gasteiger partial charge in [-0.2, -0.15) is 5.10 Å². The molecule has 6 nitrogen and oxygen atoms in total. The van der Waals surface area contributed by atoms with Gasteiger partial charge in [0.15, 0.2) is 0 Å². The Labute approximate surface area is 131 Å². The first-order valence-corrected chi connectivity index (χ1v) is 8.30. The van der Waals surface area contributed by atoms with Crippen LogP contribution in [0.15, 0.2) is 6.20 Å². The summed E-state index contributed by atoms with van der Waals surface area (Å²) in [7, 11) is 1.95. The standard InChI is InChI=1S/C16H26N4O2/c1-12-11-20(7-4-8-22-12)16(21)17-10-15-14(9-18-19(15)2)13-5-3-6-13/h9,12-13H,3-8,10-11H2,1-2H3,(H,17,21). The number of rotatable bonds is 3. The van der Waals surface area contributed by atoms with Crippen molar-refractivity contribution < 1.29 is 9.53 Å². The molecule has 2 heterocycles. The van der Waals surface area contributed by atoms with Gasteiger partial charge >= 0.3 is 6.03 Å². The highest BCUT2D eigenvalue weighted by Gasteiger charge is 2.25. The molecule has 2 amide bonds. The van der Waals surface area contributed by atoms with Crippen molar-refractivity contribution in [3.8, 4) is 0 Å². The quantitative estimate of drug-likeness (QED) is 0.929. The van der Waals surface area contributed by atoms with E-state index in [4.69, 9.17) is 4.74 Å². The van der Waals surface area contributed by atoms with Crippen LogP contribution in [-0.4, -0.2) is 46.5 Å². The van der Waals surface area contributed by atoms with Crippen LogP contribution in [0.3, 0.4) is 0 Å². The molecule has 0 radical (unpaired) electrons. The summed E-state index contributed by atoms with van der Waals surface area (Å²) in [5, 5.41) is 7.43. The molecule has 1 aliphatic carbocycles. The van der Waals surface area contributed by atoms with Crippen molar-refractivity contribution in [1.29, 1.82) is 0 Å². The van der Waals surface area contributed by atoms with Gasteiger partial charge in [0.05, 0.1) is 24.5 Å². The molecule has 1 atom stereocenters. The van der Waals surface area contributed by atoms with E-state index in [1.165, 1.54) is 24.8 Å². The van der Waals surface area contributed by atoms with Crippen molar-refractivity contribution >= 4 is 6.03 Å². The van der Waals surface area contributed by atoms with Gasteiger partial charge in [-0.15, -0.1) is 0 Å². The summed E-state index contributed by atoms with van der Waals surface area (Å²) in [5.41, 5.74) is 2.44. The third-order valence-electron chi connectivity index (χ3n) is 4.79. The van der Waals surface area contributed by atoms with Crippen LogP contribution in [-0.2, 0) is 18.3 Å². The molecule has 0 spiro atoms. The van der Waals surface area contributed by atoms with Crippen molar-refractivity contribution in [3.05, 3.63) is 17.5 Å². The summed E-state index contributed by atoms with van der Waals surface area (Å²) < 4.78 is 7.48. The molecule has 1 aromatic rings. The molecule has 1 N–H and O–H groups in total. The van der Waals surface area contributed by atoms with Crippen molar-refractivity contribution in [2.45, 2.75) is 51.2 Å². The number of hydrogen-bond donors (Lipinski definition) is 1. The largest absolute Gasteiger partial charge is 0.377 e. The number of nitrogens with zero attached hydrogens (tertiary/aromatic N) is 3. The number of ether oxygens (including phenoxy) is 1. The highest BCUT2D eigenvalue weighted by molar-refractivity contribution is 5.74. The number of carbonyl (C=O) groups is 1. The van der Waals surface area contributed by atoms with Gasteiger partial charge in [-0.3, -0.25) is 4.68 Å². The molecule has 1 unspecified atom stereocenters. The van der Waals surface area contributed by atoms with Crippen LogP contribution in [0.5, 0.6) is 0 Å². The van der Waals surface area contributed by atoms with E-state index in [1.54, 1.807) is 0 Å². The van der Waals surface area contributed by atoms with Crippen LogP contribution in [0.1, 0.15) is 49.8 Å². The summed E-state index contributed by atoms with van der Waals surface area (Å²) >= 11 is 0. The van der Waals surface area contributed by atoms with Crippen LogP contribution in [0.2, 0.25) is 0 Å². The number of urea groups is 1. The van der Waals surface area contributed by atoms with Crippen molar-refractivity contribution in [2.75, 3.05) is 19.7 Å². The number of nitrogens with one attached hydrogen (secondary N) is 1. The van der Waals surface area contributed by atoms with Crippen LogP contribution in [0, 0.1) is 0 Å². The monoisotopic (exact) mass is 306 g/mol. The predicted octanol–water partition coefficient (Wildman–Crippen LogP) is 2.01. The fraction of sp³-hybridized carbons (Fsp3) is 0.750. The maximum absolute atomic E-state index is 12.4. The number of aromatic nitrogens is 2. The van der Waals surface area contributed by atoms with E-state index in [0.29, 0.717) is 19.0 Å². The van der Waals surface area contributed by atoms with E-state index in [1.807, 2.05) is 29.7 Å². The zero-order valence-corrected chi connectivity index (χ0v) is 13.5. The molecule has 1 saturated heterocycles. The van der Waals surface area contributed by atoms with E-state index < -0.39 is 0 Å². The van der Waals surface area contributed by atoms with Crippen molar-refractivity contribution in [1.82, 2.24) is 20.0 Å². The number of hydrogen-bond acceptors (Lipinski definition) is 3. The Hall–Kier alpha value is -1.56. The summed E-state index contributed by atoms with van der Waals surface area (Å²) in [6.45, 7) is 4.72. The van der Waals surface area contributed by atoms with Gasteiger partial charge in [0, 0.05) is 26.7 Å². The normalized spacial score (nSPS) is 23.0. The van der Waals surface area contributed by atoms with E-state index in [9.17, 15) is 4.79 Å². The Morgan fingerprint density at radius 3 is 3.00 bits per heavy atom. The minimum absolute atomic E-state index is 0.00175. The molecule has 3 rings (SSSR count).